The summed E-state index contributed by atoms with van der Waals surface area (Å²) in [7, 11) is 1.32. The predicted molar refractivity (Wildman–Crippen MR) is 100 cm³/mol. The second kappa shape index (κ2) is 7.90. The Hall–Kier alpha value is -3.35. The standard InChI is InChI=1S/C20H21N3O4/c1-27-19(25)15-6-2-14(3-7-15)12-17-18(24)23(20(26)22-17)11-10-13-4-8-16(21)9-5-13/h2-9,17H,10-12,21H2,1H3,(H,22,26). The third-order valence-electron chi connectivity index (χ3n) is 4.53. The van der Waals surface area contributed by atoms with Gasteiger partial charge in [-0.1, -0.05) is 24.3 Å². The molecule has 1 heterocycles. The van der Waals surface area contributed by atoms with Crippen molar-refractivity contribution in [2.45, 2.75) is 18.9 Å². The highest BCUT2D eigenvalue weighted by Crippen LogP contribution is 2.15. The molecule has 1 saturated heterocycles. The molecule has 0 aliphatic carbocycles. The molecule has 7 heteroatoms. The number of ether oxygens (including phenoxy) is 1. The van der Waals surface area contributed by atoms with Crippen molar-refractivity contribution in [3.05, 3.63) is 65.2 Å². The monoisotopic (exact) mass is 367 g/mol. The number of carbonyl (C=O) groups excluding carboxylic acids is 3. The van der Waals surface area contributed by atoms with Crippen molar-refractivity contribution in [3.8, 4) is 0 Å². The smallest absolute Gasteiger partial charge is 0.337 e. The van der Waals surface area contributed by atoms with E-state index in [9.17, 15) is 14.4 Å². The van der Waals surface area contributed by atoms with Gasteiger partial charge in [0, 0.05) is 18.7 Å². The second-order valence-electron chi connectivity index (χ2n) is 6.38. The zero-order chi connectivity index (χ0) is 19.4. The summed E-state index contributed by atoms with van der Waals surface area (Å²) in [5.41, 5.74) is 8.63. The van der Waals surface area contributed by atoms with Crippen LogP contribution in [0.25, 0.3) is 0 Å². The van der Waals surface area contributed by atoms with Crippen molar-refractivity contribution < 1.29 is 19.1 Å². The summed E-state index contributed by atoms with van der Waals surface area (Å²) in [5, 5.41) is 2.72. The summed E-state index contributed by atoms with van der Waals surface area (Å²) >= 11 is 0. The lowest BCUT2D eigenvalue weighted by Gasteiger charge is -2.13. The number of nitrogen functional groups attached to an aromatic ring is 1. The van der Waals surface area contributed by atoms with Gasteiger partial charge in [0.2, 0.25) is 0 Å². The van der Waals surface area contributed by atoms with Crippen molar-refractivity contribution in [1.29, 1.82) is 0 Å². The molecule has 1 unspecified atom stereocenters. The summed E-state index contributed by atoms with van der Waals surface area (Å²) in [4.78, 5) is 37.4. The molecule has 1 fully saturated rings. The fraction of sp³-hybridized carbons (Fsp3) is 0.250. The molecule has 1 atom stereocenters. The van der Waals surface area contributed by atoms with Crippen molar-refractivity contribution in [2.75, 3.05) is 19.4 Å². The van der Waals surface area contributed by atoms with Crippen LogP contribution >= 0.6 is 0 Å². The van der Waals surface area contributed by atoms with Crippen molar-refractivity contribution in [2.24, 2.45) is 0 Å². The summed E-state index contributed by atoms with van der Waals surface area (Å²) in [5.74, 6) is -0.659. The largest absolute Gasteiger partial charge is 0.465 e. The van der Waals surface area contributed by atoms with Gasteiger partial charge in [-0.25, -0.2) is 9.59 Å². The van der Waals surface area contributed by atoms with E-state index in [0.717, 1.165) is 11.1 Å². The van der Waals surface area contributed by atoms with Crippen molar-refractivity contribution in [3.63, 3.8) is 0 Å². The average Bonchev–Trinajstić information content (AvgIpc) is 2.94. The molecule has 7 nitrogen and oxygen atoms in total. The maximum Gasteiger partial charge on any atom is 0.337 e. The zero-order valence-corrected chi connectivity index (χ0v) is 15.0. The number of methoxy groups -OCH3 is 1. The van der Waals surface area contributed by atoms with Gasteiger partial charge in [-0.05, 0) is 41.8 Å². The Kier molecular flexibility index (Phi) is 5.40. The van der Waals surface area contributed by atoms with Crippen LogP contribution in [0.2, 0.25) is 0 Å². The lowest BCUT2D eigenvalue weighted by atomic mass is 10.0. The summed E-state index contributed by atoms with van der Waals surface area (Å²) < 4.78 is 4.66. The number of nitrogens with zero attached hydrogens (tertiary/aromatic N) is 1. The van der Waals surface area contributed by atoms with E-state index in [2.05, 4.69) is 10.1 Å². The first kappa shape index (κ1) is 18.4. The third kappa shape index (κ3) is 4.25. The van der Waals surface area contributed by atoms with Crippen LogP contribution in [0, 0.1) is 0 Å². The van der Waals surface area contributed by atoms with Crippen LogP contribution in [0.4, 0.5) is 10.5 Å². The second-order valence-corrected chi connectivity index (χ2v) is 6.38. The fourth-order valence-electron chi connectivity index (χ4n) is 2.98. The maximum absolute atomic E-state index is 12.6. The third-order valence-corrected chi connectivity index (χ3v) is 4.53. The molecule has 3 rings (SSSR count). The number of imide groups is 1. The van der Waals surface area contributed by atoms with Crippen LogP contribution in [0.5, 0.6) is 0 Å². The van der Waals surface area contributed by atoms with E-state index in [1.807, 2.05) is 12.1 Å². The van der Waals surface area contributed by atoms with Gasteiger partial charge >= 0.3 is 12.0 Å². The molecule has 0 saturated carbocycles. The number of esters is 1. The molecule has 2 aromatic rings. The van der Waals surface area contributed by atoms with Crippen LogP contribution in [-0.2, 0) is 22.4 Å². The highest BCUT2D eigenvalue weighted by molar-refractivity contribution is 6.04. The van der Waals surface area contributed by atoms with Gasteiger partial charge in [0.15, 0.2) is 0 Å². The maximum atomic E-state index is 12.6. The van der Waals surface area contributed by atoms with Crippen LogP contribution in [0.1, 0.15) is 21.5 Å². The molecular formula is C20H21N3O4. The molecule has 0 spiro atoms. The molecular weight excluding hydrogens is 346 g/mol. The van der Waals surface area contributed by atoms with Crippen LogP contribution < -0.4 is 11.1 Å². The molecule has 0 radical (unpaired) electrons. The molecule has 27 heavy (non-hydrogen) atoms. The molecule has 2 aromatic carbocycles. The minimum atomic E-state index is -0.604. The molecule has 3 N–H and O–H groups in total. The van der Waals surface area contributed by atoms with Gasteiger partial charge in [-0.15, -0.1) is 0 Å². The number of urea groups is 1. The molecule has 1 aliphatic heterocycles. The fourth-order valence-corrected chi connectivity index (χ4v) is 2.98. The minimum absolute atomic E-state index is 0.243. The molecule has 3 amide bonds. The van der Waals surface area contributed by atoms with Gasteiger partial charge in [0.25, 0.3) is 5.91 Å². The van der Waals surface area contributed by atoms with Gasteiger partial charge in [0.1, 0.15) is 6.04 Å². The number of nitrogens with one attached hydrogen (secondary N) is 1. The number of hydrogen-bond donors (Lipinski definition) is 2. The van der Waals surface area contributed by atoms with E-state index in [1.54, 1.807) is 36.4 Å². The Morgan fingerprint density at radius 2 is 1.70 bits per heavy atom. The Labute approximate surface area is 157 Å². The molecule has 1 aliphatic rings. The number of benzene rings is 2. The topological polar surface area (TPSA) is 102 Å². The Balaban J connectivity index is 1.60. The van der Waals surface area contributed by atoms with Crippen molar-refractivity contribution in [1.82, 2.24) is 10.2 Å². The van der Waals surface area contributed by atoms with E-state index in [1.165, 1.54) is 12.0 Å². The number of nitrogens with two attached hydrogens (primary N) is 1. The first-order valence-corrected chi connectivity index (χ1v) is 8.61. The van der Waals surface area contributed by atoms with E-state index in [0.29, 0.717) is 30.6 Å². The first-order valence-electron chi connectivity index (χ1n) is 8.61. The number of rotatable bonds is 6. The molecule has 0 bridgehead atoms. The number of amides is 3. The molecule has 0 aromatic heterocycles. The van der Waals surface area contributed by atoms with Crippen LogP contribution in [-0.4, -0.2) is 42.5 Å². The quantitative estimate of drug-likeness (QED) is 0.460. The lowest BCUT2D eigenvalue weighted by Crippen LogP contribution is -2.33. The Morgan fingerprint density at radius 3 is 2.33 bits per heavy atom. The van der Waals surface area contributed by atoms with Crippen LogP contribution in [0.15, 0.2) is 48.5 Å². The summed E-state index contributed by atoms with van der Waals surface area (Å²) in [6, 6.07) is 13.2. The highest BCUT2D eigenvalue weighted by Gasteiger charge is 2.37. The van der Waals surface area contributed by atoms with Gasteiger partial charge in [0.05, 0.1) is 12.7 Å². The van der Waals surface area contributed by atoms with Gasteiger partial charge in [-0.3, -0.25) is 9.69 Å². The lowest BCUT2D eigenvalue weighted by molar-refractivity contribution is -0.127. The minimum Gasteiger partial charge on any atom is -0.465 e. The first-order chi connectivity index (χ1) is 13.0. The Bertz CT molecular complexity index is 847. The summed E-state index contributed by atoms with van der Waals surface area (Å²) in [6.45, 7) is 0.312. The predicted octanol–water partition coefficient (Wildman–Crippen LogP) is 1.76. The number of anilines is 1. The molecule has 140 valence electrons. The highest BCUT2D eigenvalue weighted by atomic mass is 16.5. The Morgan fingerprint density at radius 1 is 1.07 bits per heavy atom. The SMILES string of the molecule is COC(=O)c1ccc(CC2NC(=O)N(CCc3ccc(N)cc3)C2=O)cc1. The van der Waals surface area contributed by atoms with Gasteiger partial charge in [-0.2, -0.15) is 0 Å². The number of hydrogen-bond acceptors (Lipinski definition) is 5. The normalized spacial score (nSPS) is 16.3. The summed E-state index contributed by atoms with van der Waals surface area (Å²) in [6.07, 6.45) is 0.935. The van der Waals surface area contributed by atoms with E-state index in [-0.39, 0.29) is 11.9 Å². The van der Waals surface area contributed by atoms with Crippen LogP contribution in [0.3, 0.4) is 0 Å². The van der Waals surface area contributed by atoms with E-state index in [4.69, 9.17) is 5.73 Å². The van der Waals surface area contributed by atoms with Crippen molar-refractivity contribution >= 4 is 23.6 Å². The van der Waals surface area contributed by atoms with E-state index < -0.39 is 12.0 Å². The number of carbonyl (C=O) groups is 3. The van der Waals surface area contributed by atoms with E-state index >= 15 is 0 Å². The average molecular weight is 367 g/mol. The van der Waals surface area contributed by atoms with Gasteiger partial charge < -0.3 is 15.8 Å². The zero-order valence-electron chi connectivity index (χ0n) is 15.0.